The van der Waals surface area contributed by atoms with Crippen LogP contribution in [0.15, 0.2) is 0 Å². The van der Waals surface area contributed by atoms with Crippen molar-refractivity contribution in [2.75, 3.05) is 39.5 Å². The number of nitrogens with zero attached hydrogens (tertiary/aromatic N) is 1. The first-order valence-electron chi connectivity index (χ1n) is 6.78. The predicted octanol–water partition coefficient (Wildman–Crippen LogP) is 0.609. The summed E-state index contributed by atoms with van der Waals surface area (Å²) < 4.78 is 10.5. The van der Waals surface area contributed by atoms with Gasteiger partial charge in [-0.05, 0) is 20.3 Å². The second-order valence-electron chi connectivity index (χ2n) is 4.51. The van der Waals surface area contributed by atoms with Gasteiger partial charge in [0.1, 0.15) is 0 Å². The summed E-state index contributed by atoms with van der Waals surface area (Å²) in [6.07, 6.45) is 0.452. The van der Waals surface area contributed by atoms with Gasteiger partial charge in [-0.1, -0.05) is 0 Å². The lowest BCUT2D eigenvalue weighted by Crippen LogP contribution is -2.38. The number of ether oxygens (including phenoxy) is 2. The number of hydrogen-bond donors (Lipinski definition) is 1. The van der Waals surface area contributed by atoms with Gasteiger partial charge in [-0.2, -0.15) is 0 Å². The van der Waals surface area contributed by atoms with Crippen LogP contribution in [0.25, 0.3) is 0 Å². The summed E-state index contributed by atoms with van der Waals surface area (Å²) in [5.74, 6) is -1.84. The fourth-order valence-corrected chi connectivity index (χ4v) is 1.95. The Morgan fingerprint density at radius 3 is 2.00 bits per heavy atom. The number of hydrogen-bond acceptors (Lipinski definition) is 4. The number of rotatable bonds is 10. The summed E-state index contributed by atoms with van der Waals surface area (Å²) >= 11 is 0. The van der Waals surface area contributed by atoms with Gasteiger partial charge in [-0.25, -0.2) is 0 Å². The maximum absolute atomic E-state index is 12.2. The van der Waals surface area contributed by atoms with Gasteiger partial charge in [-0.15, -0.1) is 0 Å². The molecule has 1 N–H and O–H groups in total. The Balaban J connectivity index is 2.42. The minimum Gasteiger partial charge on any atom is -0.481 e. The molecule has 0 aromatic carbocycles. The van der Waals surface area contributed by atoms with Gasteiger partial charge >= 0.3 is 5.97 Å². The summed E-state index contributed by atoms with van der Waals surface area (Å²) in [7, 11) is 0. The van der Waals surface area contributed by atoms with Crippen LogP contribution in [0.2, 0.25) is 0 Å². The molecule has 1 saturated carbocycles. The highest BCUT2D eigenvalue weighted by molar-refractivity contribution is 5.89. The van der Waals surface area contributed by atoms with Crippen LogP contribution in [0, 0.1) is 11.8 Å². The predicted molar refractivity (Wildman–Crippen MR) is 68.8 cm³/mol. The van der Waals surface area contributed by atoms with Crippen molar-refractivity contribution in [1.29, 1.82) is 0 Å². The zero-order chi connectivity index (χ0) is 14.3. The second kappa shape index (κ2) is 8.12. The van der Waals surface area contributed by atoms with Crippen molar-refractivity contribution in [1.82, 2.24) is 4.90 Å². The quantitative estimate of drug-likeness (QED) is 0.590. The van der Waals surface area contributed by atoms with E-state index in [2.05, 4.69) is 0 Å². The summed E-state index contributed by atoms with van der Waals surface area (Å²) in [6.45, 7) is 6.92. The molecule has 0 bridgehead atoms. The van der Waals surface area contributed by atoms with E-state index >= 15 is 0 Å². The van der Waals surface area contributed by atoms with Crippen LogP contribution in [0.5, 0.6) is 0 Å². The number of carboxylic acid groups (broad SMARTS) is 1. The summed E-state index contributed by atoms with van der Waals surface area (Å²) in [5, 5.41) is 8.86. The van der Waals surface area contributed by atoms with E-state index in [0.717, 1.165) is 0 Å². The van der Waals surface area contributed by atoms with E-state index in [1.807, 2.05) is 13.8 Å². The number of aliphatic carboxylic acids is 1. The summed E-state index contributed by atoms with van der Waals surface area (Å²) in [6, 6.07) is 0. The Labute approximate surface area is 113 Å². The van der Waals surface area contributed by atoms with Gasteiger partial charge < -0.3 is 19.5 Å². The standard InChI is InChI=1S/C13H23NO5/c1-3-18-7-5-14(6-8-19-4-2)12(15)10-9-11(10)13(16)17/h10-11H,3-9H2,1-2H3,(H,16,17)/t10-,11+/m1/s1. The Morgan fingerprint density at radius 1 is 1.11 bits per heavy atom. The first-order valence-corrected chi connectivity index (χ1v) is 6.78. The minimum absolute atomic E-state index is 0.0909. The third-order valence-electron chi connectivity index (χ3n) is 3.16. The van der Waals surface area contributed by atoms with E-state index in [0.29, 0.717) is 45.9 Å². The van der Waals surface area contributed by atoms with Crippen molar-refractivity contribution in [3.05, 3.63) is 0 Å². The molecule has 0 spiro atoms. The second-order valence-corrected chi connectivity index (χ2v) is 4.51. The van der Waals surface area contributed by atoms with Crippen molar-refractivity contribution in [2.24, 2.45) is 11.8 Å². The highest BCUT2D eigenvalue weighted by Gasteiger charge is 2.49. The largest absolute Gasteiger partial charge is 0.481 e. The van der Waals surface area contributed by atoms with Gasteiger partial charge in [0.2, 0.25) is 5.91 Å². The third-order valence-corrected chi connectivity index (χ3v) is 3.16. The molecule has 1 aliphatic rings. The highest BCUT2D eigenvalue weighted by atomic mass is 16.5. The van der Waals surface area contributed by atoms with Gasteiger partial charge in [0, 0.05) is 26.3 Å². The molecule has 2 atom stereocenters. The van der Waals surface area contributed by atoms with Crippen molar-refractivity contribution in [3.8, 4) is 0 Å². The van der Waals surface area contributed by atoms with E-state index < -0.39 is 11.9 Å². The van der Waals surface area contributed by atoms with E-state index in [1.54, 1.807) is 4.90 Å². The van der Waals surface area contributed by atoms with Crippen LogP contribution < -0.4 is 0 Å². The SMILES string of the molecule is CCOCCN(CCOCC)C(=O)[C@@H]1C[C@@H]1C(=O)O. The molecule has 6 nitrogen and oxygen atoms in total. The van der Waals surface area contributed by atoms with E-state index in [-0.39, 0.29) is 11.8 Å². The number of carbonyl (C=O) groups excluding carboxylic acids is 1. The molecule has 110 valence electrons. The molecular formula is C13H23NO5. The molecule has 1 amide bonds. The fraction of sp³-hybridized carbons (Fsp3) is 0.846. The molecule has 0 aliphatic heterocycles. The Morgan fingerprint density at radius 2 is 1.63 bits per heavy atom. The Bertz CT molecular complexity index is 297. The topological polar surface area (TPSA) is 76.1 Å². The lowest BCUT2D eigenvalue weighted by atomic mass is 10.2. The van der Waals surface area contributed by atoms with Crippen LogP contribution in [-0.4, -0.2) is 61.4 Å². The van der Waals surface area contributed by atoms with Crippen LogP contribution in [0.1, 0.15) is 20.3 Å². The average molecular weight is 273 g/mol. The van der Waals surface area contributed by atoms with Crippen LogP contribution in [0.3, 0.4) is 0 Å². The smallest absolute Gasteiger partial charge is 0.307 e. The Kier molecular flexibility index (Phi) is 6.80. The molecule has 0 radical (unpaired) electrons. The molecule has 0 aromatic rings. The van der Waals surface area contributed by atoms with Crippen LogP contribution in [-0.2, 0) is 19.1 Å². The van der Waals surface area contributed by atoms with Gasteiger partial charge in [0.05, 0.1) is 25.0 Å². The normalized spacial score (nSPS) is 21.2. The molecule has 6 heteroatoms. The molecule has 0 saturated heterocycles. The van der Waals surface area contributed by atoms with Crippen molar-refractivity contribution >= 4 is 11.9 Å². The van der Waals surface area contributed by atoms with Crippen LogP contribution >= 0.6 is 0 Å². The minimum atomic E-state index is -0.882. The van der Waals surface area contributed by atoms with Gasteiger partial charge in [-0.3, -0.25) is 9.59 Å². The number of carbonyl (C=O) groups is 2. The Hall–Kier alpha value is -1.14. The fourth-order valence-electron chi connectivity index (χ4n) is 1.95. The van der Waals surface area contributed by atoms with Crippen LogP contribution in [0.4, 0.5) is 0 Å². The zero-order valence-electron chi connectivity index (χ0n) is 11.6. The van der Waals surface area contributed by atoms with Crippen molar-refractivity contribution in [3.63, 3.8) is 0 Å². The van der Waals surface area contributed by atoms with Crippen molar-refractivity contribution in [2.45, 2.75) is 20.3 Å². The maximum atomic E-state index is 12.2. The lowest BCUT2D eigenvalue weighted by molar-refractivity contribution is -0.142. The molecule has 0 unspecified atom stereocenters. The number of carboxylic acids is 1. The first kappa shape index (κ1) is 15.9. The lowest BCUT2D eigenvalue weighted by Gasteiger charge is -2.22. The molecule has 0 aromatic heterocycles. The zero-order valence-corrected chi connectivity index (χ0v) is 11.6. The molecule has 1 rings (SSSR count). The number of amides is 1. The van der Waals surface area contributed by atoms with Gasteiger partial charge in [0.25, 0.3) is 0 Å². The summed E-state index contributed by atoms with van der Waals surface area (Å²) in [4.78, 5) is 24.6. The van der Waals surface area contributed by atoms with E-state index in [1.165, 1.54) is 0 Å². The summed E-state index contributed by atoms with van der Waals surface area (Å²) in [5.41, 5.74) is 0. The first-order chi connectivity index (χ1) is 9.11. The molecule has 1 aliphatic carbocycles. The molecule has 1 fully saturated rings. The molecule has 19 heavy (non-hydrogen) atoms. The third kappa shape index (κ3) is 5.16. The monoisotopic (exact) mass is 273 g/mol. The highest BCUT2D eigenvalue weighted by Crippen LogP contribution is 2.40. The van der Waals surface area contributed by atoms with E-state index in [4.69, 9.17) is 14.6 Å². The van der Waals surface area contributed by atoms with E-state index in [9.17, 15) is 9.59 Å². The van der Waals surface area contributed by atoms with Gasteiger partial charge in [0.15, 0.2) is 0 Å². The molecular weight excluding hydrogens is 250 g/mol. The van der Waals surface area contributed by atoms with Crippen molar-refractivity contribution < 1.29 is 24.2 Å². The average Bonchev–Trinajstić information content (AvgIpc) is 3.17. The molecule has 0 heterocycles. The maximum Gasteiger partial charge on any atom is 0.307 e.